The van der Waals surface area contributed by atoms with Crippen LogP contribution >= 0.6 is 11.8 Å². The molecule has 1 saturated heterocycles. The van der Waals surface area contributed by atoms with E-state index in [0.29, 0.717) is 18.2 Å². The number of carbonyl (C=O) groups is 3. The van der Waals surface area contributed by atoms with Crippen LogP contribution in [0, 0.1) is 11.8 Å². The smallest absolute Gasteiger partial charge is 0.407 e. The van der Waals surface area contributed by atoms with Gasteiger partial charge in [-0.2, -0.15) is 0 Å². The Morgan fingerprint density at radius 1 is 1.03 bits per heavy atom. The van der Waals surface area contributed by atoms with Gasteiger partial charge in [-0.1, -0.05) is 55.0 Å². The normalized spacial score (nSPS) is 23.4. The van der Waals surface area contributed by atoms with Crippen LogP contribution in [0.3, 0.4) is 0 Å². The number of aliphatic carboxylic acids is 1. The summed E-state index contributed by atoms with van der Waals surface area (Å²) in [7, 11) is 0. The van der Waals surface area contributed by atoms with Crippen LogP contribution in [-0.4, -0.2) is 58.8 Å². The van der Waals surface area contributed by atoms with E-state index in [1.165, 1.54) is 27.8 Å². The van der Waals surface area contributed by atoms with Gasteiger partial charge in [0.05, 0.1) is 5.88 Å². The first-order valence-corrected chi connectivity index (χ1v) is 12.9. The van der Waals surface area contributed by atoms with Gasteiger partial charge < -0.3 is 20.1 Å². The molecule has 2 unspecified atom stereocenters. The number of thioether (sulfide) groups is 1. The van der Waals surface area contributed by atoms with Gasteiger partial charge in [0.25, 0.3) is 0 Å². The fourth-order valence-corrected chi connectivity index (χ4v) is 6.70. The molecule has 178 valence electrons. The van der Waals surface area contributed by atoms with Crippen LogP contribution < -0.4 is 5.32 Å². The van der Waals surface area contributed by atoms with Crippen molar-refractivity contribution in [1.29, 1.82) is 0 Å². The van der Waals surface area contributed by atoms with Crippen molar-refractivity contribution in [2.45, 2.75) is 31.2 Å². The number of carboxylic acid groups (broad SMARTS) is 1. The number of carbonyl (C=O) groups excluding carboxylic acids is 2. The molecule has 1 saturated carbocycles. The average molecular weight is 481 g/mol. The van der Waals surface area contributed by atoms with E-state index in [9.17, 15) is 19.5 Å². The van der Waals surface area contributed by atoms with E-state index in [-0.39, 0.29) is 30.3 Å². The monoisotopic (exact) mass is 480 g/mol. The largest absolute Gasteiger partial charge is 0.480 e. The van der Waals surface area contributed by atoms with Crippen molar-refractivity contribution in [1.82, 2.24) is 10.2 Å². The van der Waals surface area contributed by atoms with Crippen molar-refractivity contribution in [2.75, 3.05) is 24.8 Å². The van der Waals surface area contributed by atoms with Gasteiger partial charge in [0.2, 0.25) is 5.91 Å². The minimum absolute atomic E-state index is 0.000393. The molecule has 0 radical (unpaired) electrons. The zero-order valence-corrected chi connectivity index (χ0v) is 19.6. The molecule has 7 nitrogen and oxygen atoms in total. The summed E-state index contributed by atoms with van der Waals surface area (Å²) >= 11 is 1.47. The summed E-state index contributed by atoms with van der Waals surface area (Å²) in [6, 6.07) is 15.6. The lowest BCUT2D eigenvalue weighted by molar-refractivity contribution is -0.149. The minimum Gasteiger partial charge on any atom is -0.480 e. The summed E-state index contributed by atoms with van der Waals surface area (Å²) in [6.45, 7) is 0.601. The van der Waals surface area contributed by atoms with E-state index in [4.69, 9.17) is 4.74 Å². The van der Waals surface area contributed by atoms with Gasteiger partial charge in [0, 0.05) is 24.1 Å². The summed E-state index contributed by atoms with van der Waals surface area (Å²) in [6.07, 6.45) is 1.97. The van der Waals surface area contributed by atoms with Crippen LogP contribution in [0.4, 0.5) is 4.79 Å². The van der Waals surface area contributed by atoms with Crippen LogP contribution in [0.15, 0.2) is 48.5 Å². The lowest BCUT2D eigenvalue weighted by Crippen LogP contribution is -2.46. The fraction of sp³-hybridized carbons (Fsp3) is 0.423. The predicted octanol–water partition coefficient (Wildman–Crippen LogP) is 3.93. The second-order valence-corrected chi connectivity index (χ2v) is 10.2. The van der Waals surface area contributed by atoms with E-state index < -0.39 is 18.1 Å². The second kappa shape index (κ2) is 9.70. The highest BCUT2D eigenvalue weighted by Crippen LogP contribution is 2.44. The second-order valence-electron chi connectivity index (χ2n) is 9.17. The molecule has 5 rings (SSSR count). The van der Waals surface area contributed by atoms with E-state index in [1.54, 1.807) is 0 Å². The highest BCUT2D eigenvalue weighted by Gasteiger charge is 2.42. The number of amides is 2. The molecular weight excluding hydrogens is 452 g/mol. The van der Waals surface area contributed by atoms with Crippen molar-refractivity contribution in [2.24, 2.45) is 11.8 Å². The standard InChI is InChI=1S/C26H28N2O5S/c29-24(28-15-34-14-23(28)25(30)31)17-11-5-6-16(17)12-27-26(32)33-13-22-20-9-3-1-7-18(20)19-8-2-4-10-21(19)22/h1-4,7-10,16-17,22-23H,5-6,11-15H2,(H,27,32)(H,30,31)/t16?,17?,23-/m0/s1. The van der Waals surface area contributed by atoms with Gasteiger partial charge in [0.15, 0.2) is 0 Å². The van der Waals surface area contributed by atoms with Crippen molar-refractivity contribution < 1.29 is 24.2 Å². The van der Waals surface area contributed by atoms with E-state index in [2.05, 4.69) is 29.6 Å². The molecule has 0 spiro atoms. The van der Waals surface area contributed by atoms with E-state index in [1.807, 2.05) is 24.3 Å². The Balaban J connectivity index is 1.17. The highest BCUT2D eigenvalue weighted by molar-refractivity contribution is 7.99. The first-order valence-electron chi connectivity index (χ1n) is 11.7. The fourth-order valence-electron chi connectivity index (χ4n) is 5.55. The Labute approximate surface area is 202 Å². The maximum atomic E-state index is 13.1. The molecule has 2 amide bonds. The lowest BCUT2D eigenvalue weighted by Gasteiger charge is -2.27. The van der Waals surface area contributed by atoms with Crippen LogP contribution in [0.25, 0.3) is 11.1 Å². The van der Waals surface area contributed by atoms with E-state index >= 15 is 0 Å². The number of nitrogens with zero attached hydrogens (tertiary/aromatic N) is 1. The van der Waals surface area contributed by atoms with Crippen LogP contribution in [0.1, 0.15) is 36.3 Å². The number of benzene rings is 2. The maximum Gasteiger partial charge on any atom is 0.407 e. The molecular formula is C26H28N2O5S. The molecule has 1 aliphatic heterocycles. The zero-order valence-electron chi connectivity index (χ0n) is 18.8. The summed E-state index contributed by atoms with van der Waals surface area (Å²) in [5.74, 6) is -0.476. The maximum absolute atomic E-state index is 13.1. The van der Waals surface area contributed by atoms with Crippen molar-refractivity contribution in [3.63, 3.8) is 0 Å². The molecule has 2 aromatic carbocycles. The quantitative estimate of drug-likeness (QED) is 0.651. The van der Waals surface area contributed by atoms with Crippen LogP contribution in [0.2, 0.25) is 0 Å². The number of alkyl carbamates (subject to hydrolysis) is 1. The average Bonchev–Trinajstić information content (AvgIpc) is 3.59. The molecule has 0 aromatic heterocycles. The molecule has 8 heteroatoms. The number of hydrogen-bond donors (Lipinski definition) is 2. The Morgan fingerprint density at radius 2 is 1.71 bits per heavy atom. The number of ether oxygens (including phenoxy) is 1. The molecule has 2 aliphatic carbocycles. The van der Waals surface area contributed by atoms with E-state index in [0.717, 1.165) is 30.4 Å². The van der Waals surface area contributed by atoms with Crippen molar-refractivity contribution in [3.8, 4) is 11.1 Å². The van der Waals surface area contributed by atoms with Gasteiger partial charge >= 0.3 is 12.1 Å². The molecule has 2 fully saturated rings. The third-order valence-corrected chi connectivity index (χ3v) is 8.29. The van der Waals surface area contributed by atoms with Crippen molar-refractivity contribution >= 4 is 29.7 Å². The molecule has 3 atom stereocenters. The Hall–Kier alpha value is -3.00. The molecule has 1 heterocycles. The highest BCUT2D eigenvalue weighted by atomic mass is 32.2. The number of nitrogens with one attached hydrogen (secondary N) is 1. The van der Waals surface area contributed by atoms with Gasteiger partial charge in [-0.3, -0.25) is 4.79 Å². The number of hydrogen-bond acceptors (Lipinski definition) is 5. The number of fused-ring (bicyclic) bond motifs is 3. The Bertz CT molecular complexity index is 1060. The summed E-state index contributed by atoms with van der Waals surface area (Å²) in [4.78, 5) is 38.6. The zero-order chi connectivity index (χ0) is 23.7. The number of carboxylic acids is 1. The Morgan fingerprint density at radius 3 is 2.38 bits per heavy atom. The van der Waals surface area contributed by atoms with Crippen molar-refractivity contribution in [3.05, 3.63) is 59.7 Å². The molecule has 2 N–H and O–H groups in total. The summed E-state index contributed by atoms with van der Waals surface area (Å²) < 4.78 is 5.62. The van der Waals surface area contributed by atoms with Gasteiger partial charge in [-0.25, -0.2) is 9.59 Å². The first-order chi connectivity index (χ1) is 16.5. The molecule has 34 heavy (non-hydrogen) atoms. The number of rotatable bonds is 6. The third-order valence-electron chi connectivity index (χ3n) is 7.28. The summed E-state index contributed by atoms with van der Waals surface area (Å²) in [5.41, 5.74) is 4.68. The molecule has 2 aromatic rings. The van der Waals surface area contributed by atoms with Gasteiger partial charge in [0.1, 0.15) is 12.6 Å². The SMILES string of the molecule is O=C(NCC1CCCC1C(=O)N1CSC[C@H]1C(=O)O)OCC1c2ccccc2-c2ccccc21. The Kier molecular flexibility index (Phi) is 6.50. The van der Waals surface area contributed by atoms with Gasteiger partial charge in [-0.15, -0.1) is 11.8 Å². The van der Waals surface area contributed by atoms with Crippen LogP contribution in [0.5, 0.6) is 0 Å². The lowest BCUT2D eigenvalue weighted by atomic mass is 9.94. The third kappa shape index (κ3) is 4.27. The predicted molar refractivity (Wildman–Crippen MR) is 129 cm³/mol. The topological polar surface area (TPSA) is 95.9 Å². The van der Waals surface area contributed by atoms with Crippen LogP contribution in [-0.2, 0) is 14.3 Å². The van der Waals surface area contributed by atoms with Gasteiger partial charge in [-0.05, 0) is 41.0 Å². The minimum atomic E-state index is -0.954. The summed E-state index contributed by atoms with van der Waals surface area (Å²) in [5, 5.41) is 12.3. The molecule has 3 aliphatic rings. The first kappa shape index (κ1) is 22.8. The molecule has 0 bridgehead atoms.